The third kappa shape index (κ3) is 2.83. The van der Waals surface area contributed by atoms with Crippen molar-refractivity contribution in [1.29, 1.82) is 0 Å². The molecule has 3 rings (SSSR count). The Morgan fingerprint density at radius 2 is 2.10 bits per heavy atom. The van der Waals surface area contributed by atoms with E-state index in [1.54, 1.807) is 0 Å². The Kier molecular flexibility index (Phi) is 4.25. The van der Waals surface area contributed by atoms with Crippen molar-refractivity contribution >= 4 is 32.7 Å². The van der Waals surface area contributed by atoms with Crippen LogP contribution in [0.25, 0.3) is 10.9 Å². The Morgan fingerprint density at radius 1 is 1.30 bits per heavy atom. The number of aromatic nitrogens is 1. The van der Waals surface area contributed by atoms with Crippen LogP contribution in [0.2, 0.25) is 0 Å². The maximum atomic E-state index is 4.96. The Balaban J connectivity index is 2.02. The smallest absolute Gasteiger partial charge is 0.133 e. The van der Waals surface area contributed by atoms with Crippen molar-refractivity contribution in [3.8, 4) is 0 Å². The summed E-state index contributed by atoms with van der Waals surface area (Å²) in [6.07, 6.45) is 5.12. The van der Waals surface area contributed by atoms with Crippen molar-refractivity contribution in [2.45, 2.75) is 44.0 Å². The van der Waals surface area contributed by atoms with Gasteiger partial charge in [-0.3, -0.25) is 0 Å². The van der Waals surface area contributed by atoms with Crippen molar-refractivity contribution in [2.75, 3.05) is 11.4 Å². The first-order valence-corrected chi connectivity index (χ1v) is 8.67. The highest BCUT2D eigenvalue weighted by Gasteiger charge is 2.30. The second-order valence-corrected chi connectivity index (χ2v) is 6.14. The monoisotopic (exact) mass is 332 g/mol. The number of nitrogens with zero attached hydrogens (tertiary/aromatic N) is 2. The second-order valence-electron chi connectivity index (χ2n) is 5.58. The Labute approximate surface area is 129 Å². The molecule has 0 radical (unpaired) electrons. The highest BCUT2D eigenvalue weighted by Crippen LogP contribution is 2.34. The predicted octanol–water partition coefficient (Wildman–Crippen LogP) is 4.90. The van der Waals surface area contributed by atoms with Crippen LogP contribution in [-0.4, -0.2) is 17.6 Å². The van der Waals surface area contributed by atoms with E-state index in [9.17, 15) is 0 Å². The third-order valence-corrected chi connectivity index (χ3v) is 4.54. The molecule has 0 amide bonds. The van der Waals surface area contributed by atoms with E-state index >= 15 is 0 Å². The van der Waals surface area contributed by atoms with E-state index in [0.29, 0.717) is 6.04 Å². The molecule has 1 heterocycles. The van der Waals surface area contributed by atoms with Crippen LogP contribution in [0.1, 0.15) is 38.2 Å². The molecule has 0 bridgehead atoms. The van der Waals surface area contributed by atoms with Crippen molar-refractivity contribution in [3.05, 3.63) is 35.9 Å². The first kappa shape index (κ1) is 13.9. The fraction of sp³-hybridized carbons (Fsp3) is 0.471. The molecule has 0 spiro atoms. The summed E-state index contributed by atoms with van der Waals surface area (Å²) in [4.78, 5) is 7.49. The molecule has 3 heteroatoms. The Bertz CT molecular complexity index is 593. The maximum absolute atomic E-state index is 4.96. The van der Waals surface area contributed by atoms with Gasteiger partial charge in [0.1, 0.15) is 5.82 Å². The van der Waals surface area contributed by atoms with Gasteiger partial charge < -0.3 is 4.90 Å². The normalized spacial score (nSPS) is 14.7. The van der Waals surface area contributed by atoms with E-state index in [4.69, 9.17) is 4.98 Å². The summed E-state index contributed by atoms with van der Waals surface area (Å²) in [6.45, 7) is 3.39. The van der Waals surface area contributed by atoms with Crippen LogP contribution in [0.4, 0.5) is 5.82 Å². The van der Waals surface area contributed by atoms with E-state index in [1.807, 2.05) is 0 Å². The van der Waals surface area contributed by atoms with Gasteiger partial charge in [0.2, 0.25) is 0 Å². The zero-order chi connectivity index (χ0) is 13.9. The van der Waals surface area contributed by atoms with Gasteiger partial charge in [-0.2, -0.15) is 0 Å². The number of benzene rings is 1. The zero-order valence-corrected chi connectivity index (χ0v) is 13.6. The van der Waals surface area contributed by atoms with Crippen molar-refractivity contribution in [2.24, 2.45) is 0 Å². The number of anilines is 1. The summed E-state index contributed by atoms with van der Waals surface area (Å²) in [5.41, 5.74) is 2.42. The largest absolute Gasteiger partial charge is 0.353 e. The van der Waals surface area contributed by atoms with Gasteiger partial charge in [0.05, 0.1) is 5.52 Å². The molecule has 106 valence electrons. The third-order valence-electron chi connectivity index (χ3n) is 3.94. The number of para-hydroxylation sites is 1. The van der Waals surface area contributed by atoms with E-state index < -0.39 is 0 Å². The van der Waals surface area contributed by atoms with E-state index in [0.717, 1.165) is 17.4 Å². The fourth-order valence-corrected chi connectivity index (χ4v) is 3.09. The van der Waals surface area contributed by atoms with Crippen LogP contribution < -0.4 is 4.90 Å². The molecule has 2 aromatic rings. The molecule has 1 aliphatic carbocycles. The predicted molar refractivity (Wildman–Crippen MR) is 89.7 cm³/mol. The van der Waals surface area contributed by atoms with Crippen molar-refractivity contribution in [1.82, 2.24) is 4.98 Å². The Hall–Kier alpha value is -1.09. The molecule has 1 aliphatic rings. The number of halogens is 1. The van der Waals surface area contributed by atoms with Crippen LogP contribution in [-0.2, 0) is 5.33 Å². The van der Waals surface area contributed by atoms with Crippen LogP contribution >= 0.6 is 15.9 Å². The highest BCUT2D eigenvalue weighted by molar-refractivity contribution is 9.08. The molecule has 1 saturated carbocycles. The quantitative estimate of drug-likeness (QED) is 0.699. The summed E-state index contributed by atoms with van der Waals surface area (Å²) in [7, 11) is 0. The zero-order valence-electron chi connectivity index (χ0n) is 12.0. The molecule has 0 N–H and O–H groups in total. The van der Waals surface area contributed by atoms with Gasteiger partial charge >= 0.3 is 0 Å². The minimum absolute atomic E-state index is 0.716. The van der Waals surface area contributed by atoms with Gasteiger partial charge in [-0.05, 0) is 31.4 Å². The van der Waals surface area contributed by atoms with Crippen molar-refractivity contribution < 1.29 is 0 Å². The molecule has 0 unspecified atom stereocenters. The molecule has 2 nitrogen and oxygen atoms in total. The van der Waals surface area contributed by atoms with E-state index in [-0.39, 0.29) is 0 Å². The Morgan fingerprint density at radius 3 is 2.80 bits per heavy atom. The maximum Gasteiger partial charge on any atom is 0.133 e. The average molecular weight is 333 g/mol. The lowest BCUT2D eigenvalue weighted by Gasteiger charge is -2.26. The summed E-state index contributed by atoms with van der Waals surface area (Å²) in [6, 6.07) is 11.4. The minimum atomic E-state index is 0.716. The second kappa shape index (κ2) is 6.13. The lowest BCUT2D eigenvalue weighted by Crippen LogP contribution is -2.28. The first-order valence-electron chi connectivity index (χ1n) is 7.54. The molecular weight excluding hydrogens is 312 g/mol. The number of hydrogen-bond donors (Lipinski definition) is 0. The van der Waals surface area contributed by atoms with Gasteiger partial charge in [-0.15, -0.1) is 0 Å². The number of hydrogen-bond acceptors (Lipinski definition) is 2. The number of unbranched alkanes of at least 4 members (excludes halogenated alkanes) is 1. The van der Waals surface area contributed by atoms with Crippen molar-refractivity contribution in [3.63, 3.8) is 0 Å². The summed E-state index contributed by atoms with van der Waals surface area (Å²) >= 11 is 3.63. The van der Waals surface area contributed by atoms with Gasteiger partial charge in [-0.25, -0.2) is 4.98 Å². The SMILES string of the molecule is CCCCN(c1nc2ccccc2cc1CBr)C1CC1. The van der Waals surface area contributed by atoms with Gasteiger partial charge in [0, 0.05) is 28.9 Å². The lowest BCUT2D eigenvalue weighted by molar-refractivity contribution is 0.704. The molecule has 1 aromatic heterocycles. The average Bonchev–Trinajstić information content (AvgIpc) is 3.31. The highest BCUT2D eigenvalue weighted by atomic mass is 79.9. The summed E-state index contributed by atoms with van der Waals surface area (Å²) < 4.78 is 0. The number of pyridine rings is 1. The van der Waals surface area contributed by atoms with Crippen LogP contribution in [0, 0.1) is 0 Å². The first-order chi connectivity index (χ1) is 9.83. The van der Waals surface area contributed by atoms with Crippen LogP contribution in [0.5, 0.6) is 0 Å². The van der Waals surface area contributed by atoms with Gasteiger partial charge in [0.15, 0.2) is 0 Å². The summed E-state index contributed by atoms with van der Waals surface area (Å²) in [5, 5.41) is 2.10. The molecular formula is C17H21BrN2. The van der Waals surface area contributed by atoms with Gasteiger partial charge in [0.25, 0.3) is 0 Å². The van der Waals surface area contributed by atoms with E-state index in [1.165, 1.54) is 42.5 Å². The van der Waals surface area contributed by atoms with Crippen LogP contribution in [0.15, 0.2) is 30.3 Å². The minimum Gasteiger partial charge on any atom is -0.353 e. The molecule has 20 heavy (non-hydrogen) atoms. The molecule has 0 saturated heterocycles. The van der Waals surface area contributed by atoms with Crippen LogP contribution in [0.3, 0.4) is 0 Å². The lowest BCUT2D eigenvalue weighted by atomic mass is 10.1. The topological polar surface area (TPSA) is 16.1 Å². The number of rotatable bonds is 6. The number of alkyl halides is 1. The number of fused-ring (bicyclic) bond motifs is 1. The summed E-state index contributed by atoms with van der Waals surface area (Å²) in [5.74, 6) is 1.19. The molecule has 1 aromatic carbocycles. The molecule has 1 fully saturated rings. The molecule has 0 atom stereocenters. The standard InChI is InChI=1S/C17H21BrN2/c1-2-3-10-20(15-8-9-15)17-14(12-18)11-13-6-4-5-7-16(13)19-17/h4-7,11,15H,2-3,8-10,12H2,1H3. The fourth-order valence-electron chi connectivity index (χ4n) is 2.67. The van der Waals surface area contributed by atoms with E-state index in [2.05, 4.69) is 58.1 Å². The van der Waals surface area contributed by atoms with Gasteiger partial charge in [-0.1, -0.05) is 47.5 Å². The molecule has 0 aliphatic heterocycles.